The number of rotatable bonds is 4. The molecule has 7 N–H and O–H groups in total. The zero-order valence-electron chi connectivity index (χ0n) is 12.7. The Morgan fingerprint density at radius 3 is 2.28 bits per heavy atom. The van der Waals surface area contributed by atoms with Gasteiger partial charge in [-0.1, -0.05) is 0 Å². The average molecular weight is 348 g/mol. The molecule has 0 aliphatic heterocycles. The molecule has 0 bridgehead atoms. The van der Waals surface area contributed by atoms with Crippen LogP contribution in [0.15, 0.2) is 23.5 Å². The Labute approximate surface area is 139 Å². The van der Waals surface area contributed by atoms with E-state index in [2.05, 4.69) is 0 Å². The van der Waals surface area contributed by atoms with E-state index in [1.807, 2.05) is 0 Å². The predicted molar refractivity (Wildman–Crippen MR) is 84.0 cm³/mol. The van der Waals surface area contributed by atoms with Crippen LogP contribution in [0.2, 0.25) is 0 Å². The fraction of sp³-hybridized carbons (Fsp3) is 0.0667. The SMILES string of the molecule is COc1cc(C2=CC(=O)C(=N)C(C(=O)O)=C2O)c(O)c(C(=O)O)c1N. The summed E-state index contributed by atoms with van der Waals surface area (Å²) in [5.41, 5.74) is 1.67. The molecule has 1 aromatic carbocycles. The first-order chi connectivity index (χ1) is 11.6. The van der Waals surface area contributed by atoms with Gasteiger partial charge in [-0.05, 0) is 12.1 Å². The quantitative estimate of drug-likeness (QED) is 0.333. The lowest BCUT2D eigenvalue weighted by Crippen LogP contribution is -2.25. The minimum Gasteiger partial charge on any atom is -0.506 e. The Kier molecular flexibility index (Phi) is 4.21. The van der Waals surface area contributed by atoms with Crippen molar-refractivity contribution in [2.24, 2.45) is 0 Å². The van der Waals surface area contributed by atoms with Crippen LogP contribution in [0.3, 0.4) is 0 Å². The molecule has 130 valence electrons. The molecule has 0 saturated carbocycles. The molecule has 10 nitrogen and oxygen atoms in total. The van der Waals surface area contributed by atoms with Crippen molar-refractivity contribution >= 4 is 34.7 Å². The van der Waals surface area contributed by atoms with Gasteiger partial charge < -0.3 is 30.9 Å². The van der Waals surface area contributed by atoms with Crippen molar-refractivity contribution in [2.45, 2.75) is 0 Å². The molecule has 10 heteroatoms. The fourth-order valence-corrected chi connectivity index (χ4v) is 2.31. The number of aliphatic hydroxyl groups is 1. The van der Waals surface area contributed by atoms with Crippen molar-refractivity contribution in [3.63, 3.8) is 0 Å². The van der Waals surface area contributed by atoms with E-state index in [0.717, 1.165) is 6.07 Å². The highest BCUT2D eigenvalue weighted by Gasteiger charge is 2.33. The number of nitrogen functional groups attached to an aromatic ring is 1. The zero-order chi connectivity index (χ0) is 19.0. The van der Waals surface area contributed by atoms with Crippen molar-refractivity contribution in [1.29, 1.82) is 5.41 Å². The molecule has 0 radical (unpaired) electrons. The van der Waals surface area contributed by atoms with Gasteiger partial charge >= 0.3 is 11.9 Å². The van der Waals surface area contributed by atoms with Gasteiger partial charge in [0.15, 0.2) is 0 Å². The molecule has 1 aliphatic rings. The normalized spacial score (nSPS) is 14.4. The summed E-state index contributed by atoms with van der Waals surface area (Å²) in [5, 5.41) is 46.1. The van der Waals surface area contributed by atoms with Gasteiger partial charge in [-0.15, -0.1) is 0 Å². The Morgan fingerprint density at radius 1 is 1.20 bits per heavy atom. The fourth-order valence-electron chi connectivity index (χ4n) is 2.31. The third kappa shape index (κ3) is 2.65. The van der Waals surface area contributed by atoms with Crippen molar-refractivity contribution in [2.75, 3.05) is 12.8 Å². The van der Waals surface area contributed by atoms with Crippen LogP contribution in [-0.4, -0.2) is 51.0 Å². The number of ether oxygens (including phenoxy) is 1. The lowest BCUT2D eigenvalue weighted by atomic mass is 9.88. The molecule has 0 aromatic heterocycles. The number of methoxy groups -OCH3 is 1. The first kappa shape index (κ1) is 17.5. The highest BCUT2D eigenvalue weighted by molar-refractivity contribution is 6.56. The molecule has 0 fully saturated rings. The second kappa shape index (κ2) is 6.00. The van der Waals surface area contributed by atoms with E-state index in [9.17, 15) is 29.7 Å². The third-order valence-electron chi connectivity index (χ3n) is 3.50. The van der Waals surface area contributed by atoms with Crippen LogP contribution in [0.1, 0.15) is 15.9 Å². The number of benzene rings is 1. The van der Waals surface area contributed by atoms with Crippen molar-refractivity contribution in [3.8, 4) is 11.5 Å². The highest BCUT2D eigenvalue weighted by atomic mass is 16.5. The van der Waals surface area contributed by atoms with Crippen LogP contribution in [0.25, 0.3) is 5.57 Å². The maximum absolute atomic E-state index is 11.8. The number of ketones is 1. The summed E-state index contributed by atoms with van der Waals surface area (Å²) in [4.78, 5) is 34.4. The zero-order valence-corrected chi connectivity index (χ0v) is 12.7. The number of carbonyl (C=O) groups is 3. The molecule has 1 aliphatic carbocycles. The second-order valence-corrected chi connectivity index (χ2v) is 4.89. The van der Waals surface area contributed by atoms with E-state index in [4.69, 9.17) is 21.0 Å². The van der Waals surface area contributed by atoms with Gasteiger partial charge in [-0.3, -0.25) is 10.2 Å². The summed E-state index contributed by atoms with van der Waals surface area (Å²) < 4.78 is 4.91. The Bertz CT molecular complexity index is 911. The molecular weight excluding hydrogens is 336 g/mol. The molecule has 2 rings (SSSR count). The van der Waals surface area contributed by atoms with E-state index in [0.29, 0.717) is 6.08 Å². The van der Waals surface area contributed by atoms with Gasteiger partial charge in [0.1, 0.15) is 34.1 Å². The topological polar surface area (TPSA) is 191 Å². The summed E-state index contributed by atoms with van der Waals surface area (Å²) in [6.45, 7) is 0. The minimum absolute atomic E-state index is 0.177. The van der Waals surface area contributed by atoms with E-state index in [1.165, 1.54) is 7.11 Å². The number of allylic oxidation sites excluding steroid dienone is 2. The van der Waals surface area contributed by atoms with E-state index in [-0.39, 0.29) is 11.3 Å². The number of anilines is 1. The number of aromatic hydroxyl groups is 1. The summed E-state index contributed by atoms with van der Waals surface area (Å²) in [6.07, 6.45) is 0.709. The summed E-state index contributed by atoms with van der Waals surface area (Å²) in [5.74, 6) is -6.43. The Hall–Kier alpha value is -3.82. The lowest BCUT2D eigenvalue weighted by Gasteiger charge is -2.19. The molecular formula is C15H12N2O8. The average Bonchev–Trinajstić information content (AvgIpc) is 2.51. The number of hydrogen-bond donors (Lipinski definition) is 6. The molecule has 25 heavy (non-hydrogen) atoms. The van der Waals surface area contributed by atoms with Gasteiger partial charge in [0.05, 0.1) is 12.8 Å². The molecule has 0 amide bonds. The first-order valence-corrected chi connectivity index (χ1v) is 6.56. The van der Waals surface area contributed by atoms with E-state index >= 15 is 0 Å². The van der Waals surface area contributed by atoms with Crippen LogP contribution < -0.4 is 10.5 Å². The largest absolute Gasteiger partial charge is 0.506 e. The number of phenols is 1. The number of nitrogens with one attached hydrogen (secondary N) is 1. The van der Waals surface area contributed by atoms with Crippen LogP contribution in [0, 0.1) is 5.41 Å². The van der Waals surface area contributed by atoms with Crippen molar-refractivity contribution < 1.29 is 39.5 Å². The third-order valence-corrected chi connectivity index (χ3v) is 3.50. The molecule has 0 unspecified atom stereocenters. The number of hydrogen-bond acceptors (Lipinski definition) is 8. The van der Waals surface area contributed by atoms with Crippen molar-refractivity contribution in [3.05, 3.63) is 34.6 Å². The maximum Gasteiger partial charge on any atom is 0.341 e. The van der Waals surface area contributed by atoms with Gasteiger partial charge in [0.25, 0.3) is 0 Å². The predicted octanol–water partition coefficient (Wildman–Crippen LogP) is 0.564. The summed E-state index contributed by atoms with van der Waals surface area (Å²) in [7, 11) is 1.17. The number of carbonyl (C=O) groups excluding carboxylic acids is 1. The summed E-state index contributed by atoms with van der Waals surface area (Å²) >= 11 is 0. The lowest BCUT2D eigenvalue weighted by molar-refractivity contribution is -0.132. The standard InChI is InChI=1S/C15H12N2O8/c1-25-7-3-5(13(20)9(11(7)17)15(23)24)4-2-6(18)10(16)8(12(4)19)14(21)22/h2-3,16,19-20H,17H2,1H3,(H,21,22)(H,23,24). The Balaban J connectivity index is 2.86. The number of aliphatic hydroxyl groups excluding tert-OH is 1. The molecule has 0 saturated heterocycles. The first-order valence-electron chi connectivity index (χ1n) is 6.56. The molecule has 1 aromatic rings. The minimum atomic E-state index is -1.73. The number of carboxylic acid groups (broad SMARTS) is 2. The van der Waals surface area contributed by atoms with Crippen LogP contribution in [0.4, 0.5) is 5.69 Å². The molecule has 0 heterocycles. The monoisotopic (exact) mass is 348 g/mol. The summed E-state index contributed by atoms with van der Waals surface area (Å²) in [6, 6.07) is 1.04. The van der Waals surface area contributed by atoms with Gasteiger partial charge in [0.2, 0.25) is 5.78 Å². The highest BCUT2D eigenvalue weighted by Crippen LogP contribution is 2.42. The molecule has 0 atom stereocenters. The van der Waals surface area contributed by atoms with Gasteiger partial charge in [-0.2, -0.15) is 0 Å². The number of aromatic carboxylic acids is 1. The Morgan fingerprint density at radius 2 is 1.80 bits per heavy atom. The van der Waals surface area contributed by atoms with Gasteiger partial charge in [-0.25, -0.2) is 9.59 Å². The van der Waals surface area contributed by atoms with Gasteiger partial charge in [0, 0.05) is 11.1 Å². The van der Waals surface area contributed by atoms with Crippen LogP contribution >= 0.6 is 0 Å². The van der Waals surface area contributed by atoms with Crippen LogP contribution in [-0.2, 0) is 9.59 Å². The smallest absolute Gasteiger partial charge is 0.341 e. The molecule has 0 spiro atoms. The van der Waals surface area contributed by atoms with Crippen LogP contribution in [0.5, 0.6) is 11.5 Å². The van der Waals surface area contributed by atoms with Crippen molar-refractivity contribution in [1.82, 2.24) is 0 Å². The van der Waals surface area contributed by atoms with E-state index < -0.39 is 57.3 Å². The second-order valence-electron chi connectivity index (χ2n) is 4.89. The maximum atomic E-state index is 11.8. The number of nitrogens with two attached hydrogens (primary N) is 1. The van der Waals surface area contributed by atoms with E-state index in [1.54, 1.807) is 0 Å². The number of carboxylic acids is 2. The number of aliphatic carboxylic acids is 1.